The summed E-state index contributed by atoms with van der Waals surface area (Å²) < 4.78 is 11.0. The maximum atomic E-state index is 5.73. The van der Waals surface area contributed by atoms with Gasteiger partial charge in [0.25, 0.3) is 0 Å². The highest BCUT2D eigenvalue weighted by Crippen LogP contribution is 2.40. The Balaban J connectivity index is 2.74. The van der Waals surface area contributed by atoms with Gasteiger partial charge in [0.15, 0.2) is 0 Å². The van der Waals surface area contributed by atoms with Gasteiger partial charge in [0.05, 0.1) is 7.11 Å². The Morgan fingerprint density at radius 1 is 1.19 bits per heavy atom. The molecule has 0 aliphatic rings. The molecule has 0 aromatic heterocycles. The molecule has 1 aromatic rings. The summed E-state index contributed by atoms with van der Waals surface area (Å²) in [4.78, 5) is 0. The van der Waals surface area contributed by atoms with Crippen LogP contribution >= 0.6 is 8.15 Å². The molecule has 0 saturated heterocycles. The molecule has 0 spiro atoms. The molecular formula is C13H21O2P. The SMILES string of the molecule is CCOP(CC)Cc1cc(C)cc(OC)c1. The van der Waals surface area contributed by atoms with Crippen LogP contribution in [0.4, 0.5) is 0 Å². The van der Waals surface area contributed by atoms with Crippen LogP contribution in [0.2, 0.25) is 0 Å². The number of methoxy groups -OCH3 is 1. The van der Waals surface area contributed by atoms with Crippen LogP contribution in [-0.4, -0.2) is 19.9 Å². The van der Waals surface area contributed by atoms with Crippen LogP contribution in [0.15, 0.2) is 18.2 Å². The van der Waals surface area contributed by atoms with Crippen LogP contribution in [0, 0.1) is 6.92 Å². The van der Waals surface area contributed by atoms with Crippen molar-refractivity contribution in [2.24, 2.45) is 0 Å². The lowest BCUT2D eigenvalue weighted by Gasteiger charge is -2.15. The first-order valence-electron chi connectivity index (χ1n) is 5.72. The molecule has 0 heterocycles. The second kappa shape index (κ2) is 6.88. The largest absolute Gasteiger partial charge is 0.497 e. The fourth-order valence-corrected chi connectivity index (χ4v) is 3.12. The Hall–Kier alpha value is -0.590. The average Bonchev–Trinajstić information content (AvgIpc) is 2.27. The van der Waals surface area contributed by atoms with Crippen molar-refractivity contribution in [1.29, 1.82) is 0 Å². The monoisotopic (exact) mass is 240 g/mol. The summed E-state index contributed by atoms with van der Waals surface area (Å²) in [6.45, 7) is 7.15. The van der Waals surface area contributed by atoms with Crippen molar-refractivity contribution in [3.8, 4) is 5.75 Å². The Morgan fingerprint density at radius 2 is 1.94 bits per heavy atom. The van der Waals surface area contributed by atoms with E-state index >= 15 is 0 Å². The normalized spacial score (nSPS) is 12.5. The van der Waals surface area contributed by atoms with E-state index in [2.05, 4.69) is 39.0 Å². The van der Waals surface area contributed by atoms with Crippen molar-refractivity contribution in [3.63, 3.8) is 0 Å². The zero-order valence-corrected chi connectivity index (χ0v) is 11.5. The topological polar surface area (TPSA) is 18.5 Å². The van der Waals surface area contributed by atoms with Gasteiger partial charge >= 0.3 is 0 Å². The zero-order valence-electron chi connectivity index (χ0n) is 10.6. The average molecular weight is 240 g/mol. The number of rotatable bonds is 6. The van der Waals surface area contributed by atoms with Gasteiger partial charge in [-0.1, -0.05) is 13.0 Å². The first-order valence-corrected chi connectivity index (χ1v) is 7.35. The molecule has 0 radical (unpaired) electrons. The minimum absolute atomic E-state index is 0.320. The van der Waals surface area contributed by atoms with Crippen LogP contribution in [0.25, 0.3) is 0 Å². The number of aryl methyl sites for hydroxylation is 1. The molecule has 0 fully saturated rings. The molecule has 0 saturated carbocycles. The van der Waals surface area contributed by atoms with Crippen molar-refractivity contribution in [2.75, 3.05) is 19.9 Å². The fraction of sp³-hybridized carbons (Fsp3) is 0.538. The van der Waals surface area contributed by atoms with Crippen molar-refractivity contribution in [1.82, 2.24) is 0 Å². The van der Waals surface area contributed by atoms with E-state index in [0.717, 1.165) is 24.7 Å². The fourth-order valence-electron chi connectivity index (χ4n) is 1.67. The van der Waals surface area contributed by atoms with Crippen molar-refractivity contribution >= 4 is 8.15 Å². The Kier molecular flexibility index (Phi) is 5.79. The third-order valence-electron chi connectivity index (χ3n) is 2.37. The lowest BCUT2D eigenvalue weighted by atomic mass is 10.1. The highest BCUT2D eigenvalue weighted by molar-refractivity contribution is 7.51. The van der Waals surface area contributed by atoms with Crippen LogP contribution in [0.3, 0.4) is 0 Å². The Morgan fingerprint density at radius 3 is 2.50 bits per heavy atom. The molecule has 90 valence electrons. The van der Waals surface area contributed by atoms with E-state index in [1.54, 1.807) is 7.11 Å². The Bertz CT molecular complexity index is 326. The van der Waals surface area contributed by atoms with Crippen LogP contribution in [-0.2, 0) is 10.7 Å². The van der Waals surface area contributed by atoms with Gasteiger partial charge in [-0.15, -0.1) is 0 Å². The molecule has 0 bridgehead atoms. The standard InChI is InChI=1S/C13H21O2P/c1-5-15-16(6-2)10-12-7-11(3)8-13(9-12)14-4/h7-9H,5-6,10H2,1-4H3. The molecule has 2 nitrogen and oxygen atoms in total. The third-order valence-corrected chi connectivity index (χ3v) is 4.42. The molecule has 0 amide bonds. The maximum absolute atomic E-state index is 5.73. The molecule has 0 aliphatic heterocycles. The van der Waals surface area contributed by atoms with Crippen molar-refractivity contribution in [2.45, 2.75) is 26.9 Å². The molecule has 0 N–H and O–H groups in total. The predicted molar refractivity (Wildman–Crippen MR) is 70.5 cm³/mol. The van der Waals surface area contributed by atoms with Gasteiger partial charge in [0.2, 0.25) is 0 Å². The first-order chi connectivity index (χ1) is 7.69. The minimum atomic E-state index is -0.320. The van der Waals surface area contributed by atoms with E-state index < -0.39 is 0 Å². The van der Waals surface area contributed by atoms with Gasteiger partial charge < -0.3 is 9.26 Å². The molecule has 16 heavy (non-hydrogen) atoms. The minimum Gasteiger partial charge on any atom is -0.497 e. The molecule has 1 rings (SSSR count). The summed E-state index contributed by atoms with van der Waals surface area (Å²) in [5.41, 5.74) is 2.56. The summed E-state index contributed by atoms with van der Waals surface area (Å²) in [6.07, 6.45) is 2.14. The van der Waals surface area contributed by atoms with E-state index in [1.165, 1.54) is 11.1 Å². The second-order valence-electron chi connectivity index (χ2n) is 3.73. The zero-order chi connectivity index (χ0) is 12.0. The van der Waals surface area contributed by atoms with Crippen LogP contribution in [0.5, 0.6) is 5.75 Å². The molecule has 1 aromatic carbocycles. The van der Waals surface area contributed by atoms with Crippen LogP contribution in [0.1, 0.15) is 25.0 Å². The number of hydrogen-bond acceptors (Lipinski definition) is 2. The lowest BCUT2D eigenvalue weighted by Crippen LogP contribution is -1.94. The van der Waals surface area contributed by atoms with Crippen molar-refractivity contribution < 1.29 is 9.26 Å². The van der Waals surface area contributed by atoms with E-state index in [1.807, 2.05) is 0 Å². The van der Waals surface area contributed by atoms with Crippen molar-refractivity contribution in [3.05, 3.63) is 29.3 Å². The molecule has 1 unspecified atom stereocenters. The van der Waals surface area contributed by atoms with Crippen LogP contribution < -0.4 is 4.74 Å². The summed E-state index contributed by atoms with van der Waals surface area (Å²) in [5, 5.41) is 0. The molecular weight excluding hydrogens is 219 g/mol. The Labute approximate surface area is 99.8 Å². The van der Waals surface area contributed by atoms with Gasteiger partial charge in [-0.2, -0.15) is 0 Å². The van der Waals surface area contributed by atoms with E-state index in [4.69, 9.17) is 9.26 Å². The highest BCUT2D eigenvalue weighted by atomic mass is 31.1. The van der Waals surface area contributed by atoms with Gasteiger partial charge in [-0.25, -0.2) is 0 Å². The highest BCUT2D eigenvalue weighted by Gasteiger charge is 2.08. The quantitative estimate of drug-likeness (QED) is 0.701. The second-order valence-corrected chi connectivity index (χ2v) is 5.90. The van der Waals surface area contributed by atoms with Gasteiger partial charge in [0, 0.05) is 20.9 Å². The van der Waals surface area contributed by atoms with Gasteiger partial charge in [-0.05, 0) is 43.3 Å². The van der Waals surface area contributed by atoms with Gasteiger partial charge in [0.1, 0.15) is 5.75 Å². The lowest BCUT2D eigenvalue weighted by molar-refractivity contribution is 0.377. The van der Waals surface area contributed by atoms with E-state index in [0.29, 0.717) is 0 Å². The summed E-state index contributed by atoms with van der Waals surface area (Å²) in [6, 6.07) is 6.38. The van der Waals surface area contributed by atoms with Gasteiger partial charge in [-0.3, -0.25) is 0 Å². The summed E-state index contributed by atoms with van der Waals surface area (Å²) in [5.74, 6) is 0.942. The number of ether oxygens (including phenoxy) is 1. The van der Waals surface area contributed by atoms with E-state index in [9.17, 15) is 0 Å². The summed E-state index contributed by atoms with van der Waals surface area (Å²) in [7, 11) is 1.39. The molecule has 3 heteroatoms. The van der Waals surface area contributed by atoms with E-state index in [-0.39, 0.29) is 8.15 Å². The number of hydrogen-bond donors (Lipinski definition) is 0. The molecule has 0 aliphatic carbocycles. The smallest absolute Gasteiger partial charge is 0.119 e. The first kappa shape index (κ1) is 13.5. The maximum Gasteiger partial charge on any atom is 0.119 e. The summed E-state index contributed by atoms with van der Waals surface area (Å²) >= 11 is 0. The third kappa shape index (κ3) is 4.11. The molecule has 1 atom stereocenters. The predicted octanol–water partition coefficient (Wildman–Crippen LogP) is 3.96. The number of benzene rings is 1.